The Hall–Kier alpha value is -3.25. The van der Waals surface area contributed by atoms with Crippen LogP contribution in [0.4, 0.5) is 11.4 Å². The lowest BCUT2D eigenvalue weighted by Crippen LogP contribution is -2.31. The lowest BCUT2D eigenvalue weighted by molar-refractivity contribution is 0.0697. The Kier molecular flexibility index (Phi) is 3.66. The molecule has 0 radical (unpaired) electrons. The molecule has 4 rings (SSSR count). The summed E-state index contributed by atoms with van der Waals surface area (Å²) in [5.74, 6) is 0.0376. The van der Waals surface area contributed by atoms with Crippen LogP contribution in [0.25, 0.3) is 5.70 Å². The molecule has 0 fully saturated rings. The molecule has 6 heteroatoms. The molecule has 0 aliphatic carbocycles. The lowest BCUT2D eigenvalue weighted by Gasteiger charge is -2.32. The van der Waals surface area contributed by atoms with Crippen LogP contribution in [-0.4, -0.2) is 29.1 Å². The molecule has 4 N–H and O–H groups in total. The highest BCUT2D eigenvalue weighted by Gasteiger charge is 2.32. The third-order valence-electron chi connectivity index (χ3n) is 4.32. The number of nitrogens with one attached hydrogen (secondary N) is 1. The van der Waals surface area contributed by atoms with Gasteiger partial charge in [0.2, 0.25) is 0 Å². The Morgan fingerprint density at radius 3 is 2.80 bits per heavy atom. The minimum Gasteiger partial charge on any atom is -0.478 e. The number of fused-ring (bicyclic) bond motifs is 3. The summed E-state index contributed by atoms with van der Waals surface area (Å²) in [6, 6.07) is 15.0. The number of carbonyl (C=O) groups is 1. The average molecular weight is 334 g/mol. The predicted molar refractivity (Wildman–Crippen MR) is 97.8 cm³/mol. The maximum atomic E-state index is 11.3. The Morgan fingerprint density at radius 2 is 2.00 bits per heavy atom. The number of anilines is 2. The van der Waals surface area contributed by atoms with Gasteiger partial charge in [-0.25, -0.2) is 4.79 Å². The molecule has 2 aromatic rings. The first kappa shape index (κ1) is 15.3. The maximum Gasteiger partial charge on any atom is 0.335 e. The van der Waals surface area contributed by atoms with Crippen LogP contribution in [0.5, 0.6) is 0 Å². The molecule has 126 valence electrons. The highest BCUT2D eigenvalue weighted by atomic mass is 16.4. The molecule has 0 unspecified atom stereocenters. The van der Waals surface area contributed by atoms with Crippen molar-refractivity contribution in [3.63, 3.8) is 0 Å². The second-order valence-electron chi connectivity index (χ2n) is 5.88. The Labute approximate surface area is 145 Å². The Bertz CT molecular complexity index is 904. The number of hydrogen-bond donors (Lipinski definition) is 3. The Balaban J connectivity index is 1.84. The van der Waals surface area contributed by atoms with Crippen molar-refractivity contribution in [1.82, 2.24) is 4.90 Å². The van der Waals surface area contributed by atoms with E-state index in [1.54, 1.807) is 18.2 Å². The molecule has 0 atom stereocenters. The number of nitrogens with two attached hydrogens (primary N) is 1. The second-order valence-corrected chi connectivity index (χ2v) is 5.88. The number of hydrogen-bond acceptors (Lipinski definition) is 5. The van der Waals surface area contributed by atoms with E-state index >= 15 is 0 Å². The molecule has 0 amide bonds. The number of aromatic carboxylic acids is 1. The van der Waals surface area contributed by atoms with Crippen LogP contribution in [0.15, 0.2) is 66.8 Å². The zero-order chi connectivity index (χ0) is 17.4. The van der Waals surface area contributed by atoms with Gasteiger partial charge in [0, 0.05) is 31.1 Å². The van der Waals surface area contributed by atoms with Gasteiger partial charge in [-0.1, -0.05) is 24.3 Å². The van der Waals surface area contributed by atoms with E-state index in [1.165, 1.54) is 0 Å². The topological polar surface area (TPSA) is 81.8 Å². The minimum absolute atomic E-state index is 0.268. The monoisotopic (exact) mass is 334 g/mol. The molecule has 0 aromatic heterocycles. The van der Waals surface area contributed by atoms with Crippen LogP contribution >= 0.6 is 0 Å². The van der Waals surface area contributed by atoms with Gasteiger partial charge in [0.25, 0.3) is 0 Å². The average Bonchev–Trinajstić information content (AvgIpc) is 3.01. The number of para-hydroxylation sites is 2. The minimum atomic E-state index is -0.935. The van der Waals surface area contributed by atoms with E-state index in [2.05, 4.69) is 15.1 Å². The maximum absolute atomic E-state index is 11.3. The number of nitrogens with zero attached hydrogens (tertiary/aromatic N) is 2. The molecule has 2 heterocycles. The van der Waals surface area contributed by atoms with E-state index < -0.39 is 5.97 Å². The fourth-order valence-electron chi connectivity index (χ4n) is 3.19. The van der Waals surface area contributed by atoms with Crippen molar-refractivity contribution >= 4 is 23.0 Å². The molecular weight excluding hydrogens is 316 g/mol. The van der Waals surface area contributed by atoms with Gasteiger partial charge in [-0.3, -0.25) is 4.90 Å². The molecule has 0 saturated heterocycles. The van der Waals surface area contributed by atoms with Crippen molar-refractivity contribution in [2.24, 2.45) is 5.73 Å². The number of benzene rings is 2. The van der Waals surface area contributed by atoms with E-state index in [4.69, 9.17) is 5.73 Å². The highest BCUT2D eigenvalue weighted by Crippen LogP contribution is 2.43. The summed E-state index contributed by atoms with van der Waals surface area (Å²) in [6.07, 6.45) is 3.96. The van der Waals surface area contributed by atoms with Crippen LogP contribution in [0.2, 0.25) is 0 Å². The van der Waals surface area contributed by atoms with E-state index in [0.717, 1.165) is 28.5 Å². The summed E-state index contributed by atoms with van der Waals surface area (Å²) in [5, 5.41) is 12.6. The molecule has 2 aliphatic rings. The van der Waals surface area contributed by atoms with Gasteiger partial charge < -0.3 is 21.1 Å². The fraction of sp³-hybridized carbons (Fsp3) is 0.105. The van der Waals surface area contributed by atoms with Gasteiger partial charge in [0.05, 0.1) is 22.6 Å². The SMILES string of the molecule is NCCN1C=C(c2cccc(C(=O)O)c2)N2C1=CNc1ccccc12. The largest absolute Gasteiger partial charge is 0.478 e. The summed E-state index contributed by atoms with van der Waals surface area (Å²) in [4.78, 5) is 15.5. The van der Waals surface area contributed by atoms with Crippen molar-refractivity contribution in [3.05, 3.63) is 77.9 Å². The molecule has 2 aliphatic heterocycles. The van der Waals surface area contributed by atoms with Gasteiger partial charge in [0.1, 0.15) is 5.82 Å². The molecule has 0 saturated carbocycles. The second kappa shape index (κ2) is 5.99. The highest BCUT2D eigenvalue weighted by molar-refractivity contribution is 5.94. The van der Waals surface area contributed by atoms with Crippen LogP contribution in [0, 0.1) is 0 Å². The smallest absolute Gasteiger partial charge is 0.335 e. The molecule has 0 bridgehead atoms. The van der Waals surface area contributed by atoms with Crippen LogP contribution in [-0.2, 0) is 0 Å². The van der Waals surface area contributed by atoms with Gasteiger partial charge in [-0.2, -0.15) is 0 Å². The standard InChI is InChI=1S/C19H18N4O2/c20-8-9-22-12-17(13-4-3-5-14(10-13)19(24)25)23-16-7-2-1-6-15(16)21-11-18(22)23/h1-7,10-12,21H,8-9,20H2,(H,24,25). The summed E-state index contributed by atoms with van der Waals surface area (Å²) in [7, 11) is 0. The van der Waals surface area contributed by atoms with Crippen molar-refractivity contribution in [1.29, 1.82) is 0 Å². The van der Waals surface area contributed by atoms with E-state index in [-0.39, 0.29) is 5.56 Å². The first-order valence-electron chi connectivity index (χ1n) is 8.07. The summed E-state index contributed by atoms with van der Waals surface area (Å²) in [5.41, 5.74) is 9.82. The van der Waals surface area contributed by atoms with Gasteiger partial charge >= 0.3 is 5.97 Å². The van der Waals surface area contributed by atoms with Gasteiger partial charge in [-0.15, -0.1) is 0 Å². The van der Waals surface area contributed by atoms with E-state index in [0.29, 0.717) is 13.1 Å². The third kappa shape index (κ3) is 2.53. The van der Waals surface area contributed by atoms with Crippen LogP contribution in [0.1, 0.15) is 15.9 Å². The molecule has 0 spiro atoms. The number of carboxylic acids is 1. The summed E-state index contributed by atoms with van der Waals surface area (Å²) in [6.45, 7) is 1.19. The lowest BCUT2D eigenvalue weighted by atomic mass is 10.1. The number of rotatable bonds is 4. The Morgan fingerprint density at radius 1 is 1.16 bits per heavy atom. The van der Waals surface area contributed by atoms with Crippen molar-refractivity contribution < 1.29 is 9.90 Å². The predicted octanol–water partition coefficient (Wildman–Crippen LogP) is 2.69. The zero-order valence-electron chi connectivity index (χ0n) is 13.5. The van der Waals surface area contributed by atoms with E-state index in [9.17, 15) is 9.90 Å². The first-order chi connectivity index (χ1) is 12.2. The quantitative estimate of drug-likeness (QED) is 0.797. The fourth-order valence-corrected chi connectivity index (χ4v) is 3.19. The molecule has 6 nitrogen and oxygen atoms in total. The summed E-state index contributed by atoms with van der Waals surface area (Å²) >= 11 is 0. The zero-order valence-corrected chi connectivity index (χ0v) is 13.5. The van der Waals surface area contributed by atoms with Crippen molar-refractivity contribution in [2.75, 3.05) is 23.3 Å². The normalized spacial score (nSPS) is 15.1. The van der Waals surface area contributed by atoms with E-state index in [1.807, 2.05) is 42.7 Å². The van der Waals surface area contributed by atoms with Crippen molar-refractivity contribution in [2.45, 2.75) is 0 Å². The molecular formula is C19H18N4O2. The summed E-state index contributed by atoms with van der Waals surface area (Å²) < 4.78 is 0. The van der Waals surface area contributed by atoms with Crippen molar-refractivity contribution in [3.8, 4) is 0 Å². The van der Waals surface area contributed by atoms with Crippen LogP contribution < -0.4 is 16.0 Å². The number of carboxylic acid groups (broad SMARTS) is 1. The molecule has 2 aromatic carbocycles. The van der Waals surface area contributed by atoms with Gasteiger partial charge in [0.15, 0.2) is 0 Å². The van der Waals surface area contributed by atoms with Crippen LogP contribution in [0.3, 0.4) is 0 Å². The molecule has 25 heavy (non-hydrogen) atoms. The first-order valence-corrected chi connectivity index (χ1v) is 8.07. The third-order valence-corrected chi connectivity index (χ3v) is 4.32. The van der Waals surface area contributed by atoms with Gasteiger partial charge in [-0.05, 0) is 24.3 Å².